The van der Waals surface area contributed by atoms with E-state index in [1.165, 1.54) is 32.2 Å². The van der Waals surface area contributed by atoms with Crippen LogP contribution in [0.1, 0.15) is 53.4 Å². The molecule has 0 aromatic heterocycles. The maximum Gasteiger partial charge on any atom is 0.0593 e. The molecule has 114 valence electrons. The quantitative estimate of drug-likeness (QED) is 0.652. The van der Waals surface area contributed by atoms with Gasteiger partial charge in [-0.1, -0.05) is 34.1 Å². The van der Waals surface area contributed by atoms with E-state index in [2.05, 4.69) is 37.9 Å². The van der Waals surface area contributed by atoms with Crippen molar-refractivity contribution >= 4 is 0 Å². The lowest BCUT2D eigenvalue weighted by atomic mass is 9.99. The van der Waals surface area contributed by atoms with E-state index in [0.717, 1.165) is 32.2 Å². The Bertz CT molecular complexity index is 221. The van der Waals surface area contributed by atoms with Crippen LogP contribution in [-0.2, 0) is 4.74 Å². The van der Waals surface area contributed by atoms with Crippen LogP contribution in [0.2, 0.25) is 0 Å². The molecule has 1 N–H and O–H groups in total. The normalized spacial score (nSPS) is 25.1. The fourth-order valence-corrected chi connectivity index (χ4v) is 2.86. The van der Waals surface area contributed by atoms with Crippen molar-refractivity contribution in [3.8, 4) is 0 Å². The number of nitrogens with zero attached hydrogens (tertiary/aromatic N) is 1. The zero-order valence-electron chi connectivity index (χ0n) is 13.5. The third-order valence-electron chi connectivity index (χ3n) is 4.01. The van der Waals surface area contributed by atoms with Crippen LogP contribution in [-0.4, -0.2) is 49.8 Å². The molecule has 1 aliphatic rings. The summed E-state index contributed by atoms with van der Waals surface area (Å²) in [6.07, 6.45) is 4.93. The zero-order valence-corrected chi connectivity index (χ0v) is 13.5. The topological polar surface area (TPSA) is 24.5 Å². The smallest absolute Gasteiger partial charge is 0.0593 e. The van der Waals surface area contributed by atoms with E-state index >= 15 is 0 Å². The summed E-state index contributed by atoms with van der Waals surface area (Å²) >= 11 is 0. The molecular formula is C16H34N2O. The maximum atomic E-state index is 5.72. The Kier molecular flexibility index (Phi) is 8.67. The Morgan fingerprint density at radius 1 is 1.26 bits per heavy atom. The number of hydrogen-bond acceptors (Lipinski definition) is 3. The summed E-state index contributed by atoms with van der Waals surface area (Å²) in [7, 11) is 0. The Labute approximate surface area is 120 Å². The van der Waals surface area contributed by atoms with Crippen LogP contribution in [0.4, 0.5) is 0 Å². The number of hydrogen-bond donors (Lipinski definition) is 1. The van der Waals surface area contributed by atoms with Gasteiger partial charge < -0.3 is 10.1 Å². The lowest BCUT2D eigenvalue weighted by Gasteiger charge is -2.40. The molecule has 0 saturated carbocycles. The molecule has 3 heteroatoms. The molecule has 2 atom stereocenters. The second-order valence-corrected chi connectivity index (χ2v) is 6.26. The van der Waals surface area contributed by atoms with Crippen LogP contribution in [0.15, 0.2) is 0 Å². The standard InChI is InChI=1S/C16H34N2O/c1-5-7-9-19-10-8-18-13-15(11-14(3)4)17-12-16(18)6-2/h14-17H,5-13H2,1-4H3. The fourth-order valence-electron chi connectivity index (χ4n) is 2.86. The van der Waals surface area contributed by atoms with Crippen LogP contribution < -0.4 is 5.32 Å². The lowest BCUT2D eigenvalue weighted by molar-refractivity contribution is 0.0603. The minimum Gasteiger partial charge on any atom is -0.380 e. The first-order valence-corrected chi connectivity index (χ1v) is 8.22. The highest BCUT2D eigenvalue weighted by molar-refractivity contribution is 4.85. The molecule has 1 aliphatic heterocycles. The molecule has 0 aliphatic carbocycles. The highest BCUT2D eigenvalue weighted by Gasteiger charge is 2.26. The van der Waals surface area contributed by atoms with E-state index in [9.17, 15) is 0 Å². The summed E-state index contributed by atoms with van der Waals surface area (Å²) in [6, 6.07) is 1.36. The van der Waals surface area contributed by atoms with Crippen molar-refractivity contribution in [3.05, 3.63) is 0 Å². The van der Waals surface area contributed by atoms with E-state index in [1.54, 1.807) is 0 Å². The van der Waals surface area contributed by atoms with Gasteiger partial charge in [-0.15, -0.1) is 0 Å². The molecule has 0 spiro atoms. The van der Waals surface area contributed by atoms with Crippen LogP contribution in [0, 0.1) is 5.92 Å². The molecule has 1 rings (SSSR count). The predicted molar refractivity (Wildman–Crippen MR) is 82.6 cm³/mol. The second kappa shape index (κ2) is 9.73. The van der Waals surface area contributed by atoms with Crippen molar-refractivity contribution in [1.29, 1.82) is 0 Å². The largest absolute Gasteiger partial charge is 0.380 e. The predicted octanol–water partition coefficient (Wildman–Crippen LogP) is 2.90. The van der Waals surface area contributed by atoms with Gasteiger partial charge in [0.2, 0.25) is 0 Å². The summed E-state index contributed by atoms with van der Waals surface area (Å²) in [4.78, 5) is 2.63. The van der Waals surface area contributed by atoms with Crippen LogP contribution >= 0.6 is 0 Å². The van der Waals surface area contributed by atoms with Gasteiger partial charge in [0, 0.05) is 38.3 Å². The molecule has 0 bridgehead atoms. The van der Waals surface area contributed by atoms with Crippen molar-refractivity contribution < 1.29 is 4.74 Å². The van der Waals surface area contributed by atoms with Crippen LogP contribution in [0.25, 0.3) is 0 Å². The second-order valence-electron chi connectivity index (χ2n) is 6.26. The van der Waals surface area contributed by atoms with Crippen molar-refractivity contribution in [2.75, 3.05) is 32.8 Å². The zero-order chi connectivity index (χ0) is 14.1. The van der Waals surface area contributed by atoms with Gasteiger partial charge in [0.25, 0.3) is 0 Å². The molecule has 1 heterocycles. The van der Waals surface area contributed by atoms with Crippen LogP contribution in [0.5, 0.6) is 0 Å². The van der Waals surface area contributed by atoms with Crippen LogP contribution in [0.3, 0.4) is 0 Å². The molecule has 0 amide bonds. The summed E-state index contributed by atoms with van der Waals surface area (Å²) in [5.41, 5.74) is 0. The highest BCUT2D eigenvalue weighted by atomic mass is 16.5. The Hall–Kier alpha value is -0.120. The third-order valence-corrected chi connectivity index (χ3v) is 4.01. The van der Waals surface area contributed by atoms with Crippen molar-refractivity contribution in [2.24, 2.45) is 5.92 Å². The monoisotopic (exact) mass is 270 g/mol. The van der Waals surface area contributed by atoms with Gasteiger partial charge in [-0.25, -0.2) is 0 Å². The first-order chi connectivity index (χ1) is 9.17. The fraction of sp³-hybridized carbons (Fsp3) is 1.00. The molecule has 1 saturated heterocycles. The molecule has 3 nitrogen and oxygen atoms in total. The minimum atomic E-state index is 0.665. The number of nitrogens with one attached hydrogen (secondary N) is 1. The molecule has 19 heavy (non-hydrogen) atoms. The van der Waals surface area contributed by atoms with E-state index in [4.69, 9.17) is 4.74 Å². The highest BCUT2D eigenvalue weighted by Crippen LogP contribution is 2.14. The van der Waals surface area contributed by atoms with Gasteiger partial charge in [-0.2, -0.15) is 0 Å². The number of rotatable bonds is 9. The van der Waals surface area contributed by atoms with Gasteiger partial charge >= 0.3 is 0 Å². The molecular weight excluding hydrogens is 236 g/mol. The summed E-state index contributed by atoms with van der Waals surface area (Å²) in [5, 5.41) is 3.71. The van der Waals surface area contributed by atoms with E-state index in [0.29, 0.717) is 12.1 Å². The molecule has 0 radical (unpaired) electrons. The SMILES string of the molecule is CCCCOCCN1CC(CC(C)C)NCC1CC. The molecule has 0 aromatic carbocycles. The number of ether oxygens (including phenoxy) is 1. The molecule has 0 aromatic rings. The van der Waals surface area contributed by atoms with Gasteiger partial charge in [0.15, 0.2) is 0 Å². The number of unbranched alkanes of at least 4 members (excludes halogenated alkanes) is 1. The van der Waals surface area contributed by atoms with Crippen molar-refractivity contribution in [2.45, 2.75) is 65.5 Å². The Balaban J connectivity index is 2.29. The van der Waals surface area contributed by atoms with Gasteiger partial charge in [-0.3, -0.25) is 4.90 Å². The lowest BCUT2D eigenvalue weighted by Crippen LogP contribution is -2.57. The average molecular weight is 270 g/mol. The van der Waals surface area contributed by atoms with Crippen molar-refractivity contribution in [1.82, 2.24) is 10.2 Å². The van der Waals surface area contributed by atoms with Gasteiger partial charge in [0.1, 0.15) is 0 Å². The van der Waals surface area contributed by atoms with Gasteiger partial charge in [-0.05, 0) is 25.2 Å². The first-order valence-electron chi connectivity index (χ1n) is 8.22. The number of piperazine rings is 1. The van der Waals surface area contributed by atoms with Crippen molar-refractivity contribution in [3.63, 3.8) is 0 Å². The average Bonchev–Trinajstić information content (AvgIpc) is 2.38. The van der Waals surface area contributed by atoms with E-state index < -0.39 is 0 Å². The molecule has 1 fully saturated rings. The van der Waals surface area contributed by atoms with Gasteiger partial charge in [0.05, 0.1) is 6.61 Å². The molecule has 2 unspecified atom stereocenters. The van der Waals surface area contributed by atoms with E-state index in [-0.39, 0.29) is 0 Å². The Morgan fingerprint density at radius 3 is 2.68 bits per heavy atom. The summed E-state index contributed by atoms with van der Waals surface area (Å²) in [6.45, 7) is 14.4. The van der Waals surface area contributed by atoms with E-state index in [1.807, 2.05) is 0 Å². The third kappa shape index (κ3) is 6.73. The summed E-state index contributed by atoms with van der Waals surface area (Å²) < 4.78 is 5.72. The summed E-state index contributed by atoms with van der Waals surface area (Å²) in [5.74, 6) is 0.776. The minimum absolute atomic E-state index is 0.665. The maximum absolute atomic E-state index is 5.72. The first kappa shape index (κ1) is 16.9. The Morgan fingerprint density at radius 2 is 2.05 bits per heavy atom.